The first-order valence-electron chi connectivity index (χ1n) is 11.7. The van der Waals surface area contributed by atoms with Crippen molar-refractivity contribution in [1.82, 2.24) is 0 Å². The molecular weight excluding hydrogens is 400 g/mol. The molecule has 0 N–H and O–H groups in total. The minimum absolute atomic E-state index is 0.227. The van der Waals surface area contributed by atoms with Crippen molar-refractivity contribution >= 4 is 23.5 Å². The van der Waals surface area contributed by atoms with Crippen LogP contribution in [0.3, 0.4) is 0 Å². The maximum atomic E-state index is 11.8. The molecule has 1 aromatic rings. The van der Waals surface area contributed by atoms with Gasteiger partial charge in [0.2, 0.25) is 0 Å². The Morgan fingerprint density at radius 1 is 0.733 bits per heavy atom. The number of halogens is 1. The molecule has 0 aliphatic rings. The van der Waals surface area contributed by atoms with Gasteiger partial charge in [0.05, 0.1) is 13.2 Å². The van der Waals surface area contributed by atoms with E-state index in [2.05, 4.69) is 6.92 Å². The largest absolute Gasteiger partial charge is 0.466 e. The van der Waals surface area contributed by atoms with Gasteiger partial charge in [-0.25, -0.2) is 0 Å². The highest BCUT2D eigenvalue weighted by atomic mass is 35.5. The summed E-state index contributed by atoms with van der Waals surface area (Å²) in [6.07, 6.45) is 14.1. The van der Waals surface area contributed by atoms with E-state index < -0.39 is 0 Å². The topological polar surface area (TPSA) is 52.6 Å². The fraction of sp³-hybridized carbons (Fsp3) is 0.680. The Hall–Kier alpha value is -1.55. The van der Waals surface area contributed by atoms with Gasteiger partial charge in [0.15, 0.2) is 0 Å². The third-order valence-corrected chi connectivity index (χ3v) is 5.48. The van der Waals surface area contributed by atoms with E-state index in [1.165, 1.54) is 51.4 Å². The maximum absolute atomic E-state index is 11.8. The molecule has 5 heteroatoms. The number of carbonyl (C=O) groups excluding carboxylic acids is 2. The number of ether oxygens (including phenoxy) is 2. The molecule has 170 valence electrons. The molecule has 0 radical (unpaired) electrons. The Bertz CT molecular complexity index is 588. The molecule has 0 bridgehead atoms. The molecule has 0 aliphatic carbocycles. The highest BCUT2D eigenvalue weighted by molar-refractivity contribution is 6.31. The van der Waals surface area contributed by atoms with Crippen LogP contribution in [-0.2, 0) is 25.5 Å². The van der Waals surface area contributed by atoms with Crippen molar-refractivity contribution in [2.24, 2.45) is 0 Å². The van der Waals surface area contributed by atoms with Crippen molar-refractivity contribution < 1.29 is 19.1 Å². The lowest BCUT2D eigenvalue weighted by atomic mass is 10.1. The SMILES string of the molecule is CCCCCCCCCCCCOC(=O)CCCC(=O)OCCc1ccccc1Cl. The lowest BCUT2D eigenvalue weighted by Gasteiger charge is -2.07. The molecule has 0 fully saturated rings. The van der Waals surface area contributed by atoms with Gasteiger partial charge in [-0.2, -0.15) is 0 Å². The summed E-state index contributed by atoms with van der Waals surface area (Å²) >= 11 is 6.07. The van der Waals surface area contributed by atoms with Gasteiger partial charge in [-0.3, -0.25) is 9.59 Å². The van der Waals surface area contributed by atoms with Crippen LogP contribution in [0.15, 0.2) is 24.3 Å². The summed E-state index contributed by atoms with van der Waals surface area (Å²) in [5.41, 5.74) is 0.961. The Morgan fingerprint density at radius 3 is 1.87 bits per heavy atom. The third-order valence-electron chi connectivity index (χ3n) is 5.12. The van der Waals surface area contributed by atoms with Crippen LogP contribution >= 0.6 is 11.6 Å². The first kappa shape index (κ1) is 26.5. The van der Waals surface area contributed by atoms with Crippen LogP contribution < -0.4 is 0 Å². The summed E-state index contributed by atoms with van der Waals surface area (Å²) in [6, 6.07) is 7.51. The van der Waals surface area contributed by atoms with Crippen molar-refractivity contribution in [2.45, 2.75) is 96.8 Å². The molecule has 0 aromatic heterocycles. The van der Waals surface area contributed by atoms with Crippen molar-refractivity contribution in [3.8, 4) is 0 Å². The minimum Gasteiger partial charge on any atom is -0.466 e. The Balaban J connectivity index is 1.89. The average Bonchev–Trinajstić information content (AvgIpc) is 2.73. The van der Waals surface area contributed by atoms with Crippen LogP contribution in [0, 0.1) is 0 Å². The average molecular weight is 439 g/mol. The second-order valence-corrected chi connectivity index (χ2v) is 8.23. The van der Waals surface area contributed by atoms with Gasteiger partial charge in [0.25, 0.3) is 0 Å². The number of hydrogen-bond acceptors (Lipinski definition) is 4. The fourth-order valence-electron chi connectivity index (χ4n) is 3.27. The summed E-state index contributed by atoms with van der Waals surface area (Å²) in [4.78, 5) is 23.5. The molecule has 30 heavy (non-hydrogen) atoms. The number of rotatable bonds is 18. The first-order valence-corrected chi connectivity index (χ1v) is 12.1. The van der Waals surface area contributed by atoms with E-state index in [1.54, 1.807) is 0 Å². The van der Waals surface area contributed by atoms with Gasteiger partial charge >= 0.3 is 11.9 Å². The van der Waals surface area contributed by atoms with Crippen LogP contribution in [0.25, 0.3) is 0 Å². The molecule has 0 aliphatic heterocycles. The molecule has 0 unspecified atom stereocenters. The molecular formula is C25H39ClO4. The zero-order valence-corrected chi connectivity index (χ0v) is 19.4. The van der Waals surface area contributed by atoms with Gasteiger partial charge in [-0.15, -0.1) is 0 Å². The van der Waals surface area contributed by atoms with E-state index in [4.69, 9.17) is 21.1 Å². The number of unbranched alkanes of at least 4 members (excludes halogenated alkanes) is 9. The lowest BCUT2D eigenvalue weighted by Crippen LogP contribution is -2.10. The van der Waals surface area contributed by atoms with Gasteiger partial charge < -0.3 is 9.47 Å². The zero-order chi connectivity index (χ0) is 21.9. The molecule has 1 aromatic carbocycles. The van der Waals surface area contributed by atoms with Gasteiger partial charge in [-0.05, 0) is 24.5 Å². The van der Waals surface area contributed by atoms with Gasteiger partial charge in [-0.1, -0.05) is 94.5 Å². The summed E-state index contributed by atoms with van der Waals surface area (Å²) in [6.45, 7) is 3.02. The van der Waals surface area contributed by atoms with Gasteiger partial charge in [0.1, 0.15) is 0 Å². The quantitative estimate of drug-likeness (QED) is 0.182. The molecule has 0 atom stereocenters. The number of benzene rings is 1. The maximum Gasteiger partial charge on any atom is 0.305 e. The van der Waals surface area contributed by atoms with Crippen molar-refractivity contribution in [2.75, 3.05) is 13.2 Å². The van der Waals surface area contributed by atoms with E-state index in [-0.39, 0.29) is 24.8 Å². The van der Waals surface area contributed by atoms with E-state index in [0.717, 1.165) is 18.4 Å². The van der Waals surface area contributed by atoms with E-state index >= 15 is 0 Å². The zero-order valence-electron chi connectivity index (χ0n) is 18.6. The molecule has 1 rings (SSSR count). The fourth-order valence-corrected chi connectivity index (χ4v) is 3.50. The molecule has 0 heterocycles. The molecule has 0 saturated carbocycles. The van der Waals surface area contributed by atoms with Crippen LogP contribution in [-0.4, -0.2) is 25.2 Å². The van der Waals surface area contributed by atoms with Crippen molar-refractivity contribution in [3.63, 3.8) is 0 Å². The normalized spacial score (nSPS) is 10.7. The van der Waals surface area contributed by atoms with Crippen molar-refractivity contribution in [1.29, 1.82) is 0 Å². The van der Waals surface area contributed by atoms with E-state index in [9.17, 15) is 9.59 Å². The second-order valence-electron chi connectivity index (χ2n) is 7.82. The predicted octanol–water partition coefficient (Wildman–Crippen LogP) is 7.06. The van der Waals surface area contributed by atoms with E-state index in [1.807, 2.05) is 24.3 Å². The number of hydrogen-bond donors (Lipinski definition) is 0. The summed E-state index contributed by atoms with van der Waals surface area (Å²) in [7, 11) is 0. The molecule has 4 nitrogen and oxygen atoms in total. The standard InChI is InChI=1S/C25H39ClO4/c1-2-3-4-5-6-7-8-9-10-13-20-29-24(27)17-14-18-25(28)30-21-19-22-15-11-12-16-23(22)26/h11-12,15-16H,2-10,13-14,17-21H2,1H3. The molecule has 0 amide bonds. The predicted molar refractivity (Wildman–Crippen MR) is 123 cm³/mol. The lowest BCUT2D eigenvalue weighted by molar-refractivity contribution is -0.145. The highest BCUT2D eigenvalue weighted by Crippen LogP contribution is 2.15. The van der Waals surface area contributed by atoms with Crippen LogP contribution in [0.4, 0.5) is 0 Å². The minimum atomic E-state index is -0.287. The number of esters is 2. The smallest absolute Gasteiger partial charge is 0.305 e. The summed E-state index contributed by atoms with van der Waals surface area (Å²) in [5, 5.41) is 0.679. The summed E-state index contributed by atoms with van der Waals surface area (Å²) < 4.78 is 10.4. The Labute approximate surface area is 187 Å². The molecule has 0 spiro atoms. The van der Waals surface area contributed by atoms with Gasteiger partial charge in [0, 0.05) is 24.3 Å². The number of carbonyl (C=O) groups is 2. The van der Waals surface area contributed by atoms with Crippen molar-refractivity contribution in [3.05, 3.63) is 34.9 Å². The second kappa shape index (κ2) is 18.2. The third kappa shape index (κ3) is 14.4. The Kier molecular flexibility index (Phi) is 16.1. The van der Waals surface area contributed by atoms with Crippen LogP contribution in [0.2, 0.25) is 5.02 Å². The van der Waals surface area contributed by atoms with E-state index in [0.29, 0.717) is 31.1 Å². The molecule has 0 saturated heterocycles. The highest BCUT2D eigenvalue weighted by Gasteiger charge is 2.08. The monoisotopic (exact) mass is 438 g/mol. The first-order chi connectivity index (χ1) is 14.6. The van der Waals surface area contributed by atoms with Crippen LogP contribution in [0.5, 0.6) is 0 Å². The van der Waals surface area contributed by atoms with Crippen LogP contribution in [0.1, 0.15) is 96.0 Å². The Morgan fingerprint density at radius 2 is 1.27 bits per heavy atom. The summed E-state index contributed by atoms with van der Waals surface area (Å²) in [5.74, 6) is -0.515.